The second-order valence-corrected chi connectivity index (χ2v) is 5.27. The molecule has 5 N–H and O–H groups in total. The molecular weight excluding hydrogens is 336 g/mol. The van der Waals surface area contributed by atoms with Crippen molar-refractivity contribution in [2.45, 2.75) is 0 Å². The maximum atomic E-state index is 8.81. The van der Waals surface area contributed by atoms with Crippen molar-refractivity contribution in [3.8, 4) is 0 Å². The summed E-state index contributed by atoms with van der Waals surface area (Å²) in [5, 5.41) is 18.5. The number of nitrogens with zero attached hydrogens (tertiary/aromatic N) is 1. The Morgan fingerprint density at radius 2 is 1.71 bits per heavy atom. The van der Waals surface area contributed by atoms with Gasteiger partial charge in [-0.15, -0.1) is 0 Å². The van der Waals surface area contributed by atoms with Gasteiger partial charge in [-0.3, -0.25) is 0 Å². The Labute approximate surface area is 103 Å². The van der Waals surface area contributed by atoms with E-state index < -0.39 is 0 Å². The molecule has 0 atom stereocenters. The van der Waals surface area contributed by atoms with E-state index in [1.165, 1.54) is 0 Å². The summed E-state index contributed by atoms with van der Waals surface area (Å²) in [5.74, 6) is 2.28. The van der Waals surface area contributed by atoms with Gasteiger partial charge >= 0.3 is 103 Å². The molecule has 0 bridgehead atoms. The van der Waals surface area contributed by atoms with Crippen LogP contribution in [0.1, 0.15) is 0 Å². The van der Waals surface area contributed by atoms with Crippen molar-refractivity contribution in [2.75, 3.05) is 24.6 Å². The number of nitrogens with two attached hydrogens (primary N) is 1. The monoisotopic (exact) mass is 351 g/mol. The normalized spacial score (nSPS) is 16.3. The van der Waals surface area contributed by atoms with E-state index in [-0.39, 0.29) is 9.45 Å². The summed E-state index contributed by atoms with van der Waals surface area (Å²) in [6.45, 7) is 1.99. The van der Waals surface area contributed by atoms with Crippen molar-refractivity contribution in [3.05, 3.63) is 0 Å². The van der Waals surface area contributed by atoms with E-state index in [2.05, 4.69) is 42.3 Å². The molecule has 0 unspecified atom stereocenters. The molecule has 0 amide bonds. The molecule has 1 heterocycles. The van der Waals surface area contributed by atoms with Gasteiger partial charge < -0.3 is 0 Å². The number of hydrazine groups is 1. The summed E-state index contributed by atoms with van der Waals surface area (Å²) in [6, 6.07) is 0. The molecule has 5 nitrogen and oxygen atoms in total. The molecule has 1 aliphatic heterocycles. The Morgan fingerprint density at radius 1 is 1.29 bits per heavy atom. The molecule has 8 heteroatoms. The Morgan fingerprint density at radius 3 is 2.07 bits per heavy atom. The van der Waals surface area contributed by atoms with Crippen LogP contribution in [-0.2, 0) is 0 Å². The number of hydrogen-bond donors (Lipinski definition) is 4. The Balaban J connectivity index is 0.000000364. The third-order valence-corrected chi connectivity index (χ3v) is 2.40. The van der Waals surface area contributed by atoms with Crippen molar-refractivity contribution in [3.63, 3.8) is 0 Å². The zero-order valence-electron chi connectivity index (χ0n) is 7.47. The number of nitrogens with one attached hydrogen (secondary N) is 1. The van der Waals surface area contributed by atoms with E-state index in [1.807, 2.05) is 16.8 Å². The van der Waals surface area contributed by atoms with Crippen molar-refractivity contribution in [1.82, 2.24) is 10.4 Å². The quantitative estimate of drug-likeness (QED) is 0.422. The van der Waals surface area contributed by atoms with Gasteiger partial charge in [-0.1, -0.05) is 0 Å². The fraction of sp³-hybridized carbons (Fsp3) is 0.667. The van der Waals surface area contributed by atoms with E-state index in [1.54, 1.807) is 0 Å². The van der Waals surface area contributed by atoms with Crippen LogP contribution >= 0.6 is 11.8 Å². The van der Waals surface area contributed by atoms with Crippen LogP contribution in [-0.4, -0.2) is 80.4 Å². The first-order valence-electron chi connectivity index (χ1n) is 3.83. The maximum absolute atomic E-state index is 8.81. The molecule has 1 aliphatic rings. The molecule has 0 spiro atoms. The Kier molecular flexibility index (Phi) is 8.76. The topological polar surface area (TPSA) is 81.8 Å². The Hall–Kier alpha value is 0.289. The minimum absolute atomic E-state index is 0.159. The minimum atomic E-state index is -0.208. The molecule has 1 fully saturated rings. The fourth-order valence-corrected chi connectivity index (χ4v) is 1.98. The molecule has 14 heavy (non-hydrogen) atoms. The molecule has 0 aromatic rings. The molecule has 0 aliphatic carbocycles. The molecule has 1 rings (SSSR count). The fourth-order valence-electron chi connectivity index (χ4n) is 0.810. The Bertz CT molecular complexity index is 196. The van der Waals surface area contributed by atoms with Crippen molar-refractivity contribution < 1.29 is 10.2 Å². The van der Waals surface area contributed by atoms with E-state index in [0.29, 0.717) is 0 Å². The van der Waals surface area contributed by atoms with Crippen LogP contribution in [0.5, 0.6) is 0 Å². The van der Waals surface area contributed by atoms with Gasteiger partial charge in [-0.05, 0) is 0 Å². The first kappa shape index (κ1) is 14.3. The summed E-state index contributed by atoms with van der Waals surface area (Å²) in [7, 11) is 0. The number of aliphatic hydroxyl groups excluding tert-OH is 2. The zero-order valence-corrected chi connectivity index (χ0v) is 11.7. The third kappa shape index (κ3) is 10.4. The van der Waals surface area contributed by atoms with Crippen LogP contribution < -0.4 is 11.2 Å². The summed E-state index contributed by atoms with van der Waals surface area (Å²) in [4.78, 5) is 0. The van der Waals surface area contributed by atoms with Gasteiger partial charge in [0.2, 0.25) is 0 Å². The van der Waals surface area contributed by atoms with Crippen LogP contribution in [0.15, 0.2) is 0 Å². The molecular formula is C6H13N3O2SSe2. The molecule has 0 radical (unpaired) electrons. The van der Waals surface area contributed by atoms with Crippen molar-refractivity contribution in [2.24, 2.45) is 5.73 Å². The first-order chi connectivity index (χ1) is 6.52. The number of aliphatic hydroxyl groups is 2. The first-order valence-corrected chi connectivity index (χ1v) is 6.70. The SMILES string of the molecule is NC(O)=[Se].OC(=[Se])NN1CCSCC1. The second-order valence-electron chi connectivity index (χ2n) is 2.35. The summed E-state index contributed by atoms with van der Waals surface area (Å²) < 4.78 is -0.0492. The van der Waals surface area contributed by atoms with Gasteiger partial charge in [0.1, 0.15) is 0 Å². The number of rotatable bonds is 2. The molecule has 0 aromatic carbocycles. The standard InChI is InChI=1S/C5H10N2OSSe.CH3NOSe/c8-5(10)6-7-1-3-9-4-2-7;2-1(3)4/h1-4H2,(H2,6,8,10);(H3,2,3,4). The number of thioether (sulfide) groups is 1. The average Bonchev–Trinajstić information content (AvgIpc) is 2.03. The van der Waals surface area contributed by atoms with Gasteiger partial charge in [0.15, 0.2) is 0 Å². The van der Waals surface area contributed by atoms with Gasteiger partial charge in [0.05, 0.1) is 0 Å². The van der Waals surface area contributed by atoms with Gasteiger partial charge in [0, 0.05) is 0 Å². The van der Waals surface area contributed by atoms with Crippen LogP contribution in [0.2, 0.25) is 0 Å². The third-order valence-electron chi connectivity index (χ3n) is 1.26. The molecule has 1 saturated heterocycles. The van der Waals surface area contributed by atoms with Crippen molar-refractivity contribution in [1.29, 1.82) is 0 Å². The summed E-state index contributed by atoms with van der Waals surface area (Å²) >= 11 is 6.60. The van der Waals surface area contributed by atoms with Crippen LogP contribution in [0.4, 0.5) is 0 Å². The molecule has 82 valence electrons. The van der Waals surface area contributed by atoms with Gasteiger partial charge in [-0.25, -0.2) is 0 Å². The van der Waals surface area contributed by atoms with Crippen molar-refractivity contribution >= 4 is 52.4 Å². The van der Waals surface area contributed by atoms with E-state index in [9.17, 15) is 0 Å². The zero-order chi connectivity index (χ0) is 11.0. The predicted molar refractivity (Wildman–Crippen MR) is 61.6 cm³/mol. The van der Waals surface area contributed by atoms with Gasteiger partial charge in [0.25, 0.3) is 0 Å². The second kappa shape index (κ2) is 8.59. The van der Waals surface area contributed by atoms with E-state index in [0.717, 1.165) is 24.6 Å². The molecule has 0 aromatic heterocycles. The molecule has 0 saturated carbocycles. The predicted octanol–water partition coefficient (Wildman–Crippen LogP) is -2.26. The number of hydrogen-bond acceptors (Lipinski definition) is 6. The summed E-state index contributed by atoms with van der Waals surface area (Å²) in [5.41, 5.74) is 7.35. The average molecular weight is 349 g/mol. The van der Waals surface area contributed by atoms with Gasteiger partial charge in [-0.2, -0.15) is 0 Å². The van der Waals surface area contributed by atoms with Crippen LogP contribution in [0.3, 0.4) is 0 Å². The van der Waals surface area contributed by atoms with E-state index >= 15 is 0 Å². The van der Waals surface area contributed by atoms with Crippen LogP contribution in [0.25, 0.3) is 0 Å². The van der Waals surface area contributed by atoms with Crippen LogP contribution in [0, 0.1) is 0 Å². The summed E-state index contributed by atoms with van der Waals surface area (Å²) in [6.07, 6.45) is 0. The van der Waals surface area contributed by atoms with E-state index in [4.69, 9.17) is 10.2 Å².